The second-order valence-electron chi connectivity index (χ2n) is 12.5. The van der Waals surface area contributed by atoms with Crippen molar-refractivity contribution in [1.82, 2.24) is 0 Å². The van der Waals surface area contributed by atoms with Gasteiger partial charge in [0, 0.05) is 24.0 Å². The number of hydrogen-bond donors (Lipinski definition) is 0. The number of carbonyl (C=O) groups excluding carboxylic acids is 4. The first-order valence-corrected chi connectivity index (χ1v) is 16.9. The molecule has 1 aliphatic rings. The van der Waals surface area contributed by atoms with Crippen LogP contribution >= 0.6 is 0 Å². The molecule has 4 aromatic rings. The zero-order valence-electron chi connectivity index (χ0n) is 31.1. The SMILES string of the molecule is COC(=O)/C=C/c1ccc(C)cc1.COC(=O)/C=C\c1ccc(C)cc1.COC(=O)C1C(c2ccc(C)cc2)C(C(=O)OC)C1c1ccc(C)cc1. The molecule has 1 saturated carbocycles. The third kappa shape index (κ3) is 11.7. The highest BCUT2D eigenvalue weighted by Crippen LogP contribution is 2.58. The number of hydrogen-bond acceptors (Lipinski definition) is 8. The third-order valence-corrected chi connectivity index (χ3v) is 8.80. The zero-order valence-corrected chi connectivity index (χ0v) is 31.1. The van der Waals surface area contributed by atoms with Gasteiger partial charge in [-0.2, -0.15) is 0 Å². The molecule has 8 heteroatoms. The minimum absolute atomic E-state index is 0.248. The van der Waals surface area contributed by atoms with Crippen LogP contribution in [0.4, 0.5) is 0 Å². The summed E-state index contributed by atoms with van der Waals surface area (Å²) in [4.78, 5) is 46.6. The lowest BCUT2D eigenvalue weighted by molar-refractivity contribution is -0.164. The van der Waals surface area contributed by atoms with Gasteiger partial charge in [-0.25, -0.2) is 9.59 Å². The molecule has 52 heavy (non-hydrogen) atoms. The number of methoxy groups -OCH3 is 4. The maximum Gasteiger partial charge on any atom is 0.330 e. The Hall–Kier alpha value is -5.76. The second-order valence-corrected chi connectivity index (χ2v) is 12.5. The van der Waals surface area contributed by atoms with E-state index in [-0.39, 0.29) is 35.7 Å². The van der Waals surface area contributed by atoms with E-state index in [1.807, 2.05) is 125 Å². The van der Waals surface area contributed by atoms with Gasteiger partial charge < -0.3 is 18.9 Å². The maximum absolute atomic E-state index is 12.6. The first-order chi connectivity index (χ1) is 24.9. The molecule has 0 saturated heterocycles. The first-order valence-electron chi connectivity index (χ1n) is 16.9. The Labute approximate surface area is 307 Å². The van der Waals surface area contributed by atoms with Gasteiger partial charge in [-0.15, -0.1) is 0 Å². The fraction of sp³-hybridized carbons (Fsp3) is 0.273. The summed E-state index contributed by atoms with van der Waals surface area (Å²) in [5.74, 6) is -2.56. The van der Waals surface area contributed by atoms with Gasteiger partial charge in [0.15, 0.2) is 0 Å². The number of benzene rings is 4. The van der Waals surface area contributed by atoms with Crippen molar-refractivity contribution in [3.05, 3.63) is 154 Å². The lowest BCUT2D eigenvalue weighted by Crippen LogP contribution is -2.51. The Balaban J connectivity index is 0.000000235. The van der Waals surface area contributed by atoms with Crippen molar-refractivity contribution in [2.24, 2.45) is 11.8 Å². The predicted molar refractivity (Wildman–Crippen MR) is 203 cm³/mol. The summed E-state index contributed by atoms with van der Waals surface area (Å²) in [6.45, 7) is 8.06. The zero-order chi connectivity index (χ0) is 38.2. The molecule has 0 aromatic heterocycles. The summed E-state index contributed by atoms with van der Waals surface area (Å²) in [6.07, 6.45) is 6.27. The third-order valence-electron chi connectivity index (χ3n) is 8.80. The predicted octanol–water partition coefficient (Wildman–Crippen LogP) is 8.13. The molecule has 0 aliphatic heterocycles. The van der Waals surface area contributed by atoms with Gasteiger partial charge in [-0.3, -0.25) is 9.59 Å². The summed E-state index contributed by atoms with van der Waals surface area (Å²) >= 11 is 0. The van der Waals surface area contributed by atoms with Crippen LogP contribution in [-0.2, 0) is 38.1 Å². The average Bonchev–Trinajstić information content (AvgIpc) is 3.15. The fourth-order valence-corrected chi connectivity index (χ4v) is 5.83. The van der Waals surface area contributed by atoms with Gasteiger partial charge in [0.25, 0.3) is 0 Å². The Kier molecular flexibility index (Phi) is 15.8. The van der Waals surface area contributed by atoms with E-state index < -0.39 is 11.8 Å². The van der Waals surface area contributed by atoms with Crippen molar-refractivity contribution in [1.29, 1.82) is 0 Å². The van der Waals surface area contributed by atoms with Crippen LogP contribution in [0.1, 0.15) is 56.3 Å². The molecule has 0 atom stereocenters. The highest BCUT2D eigenvalue weighted by atomic mass is 16.5. The first kappa shape index (κ1) is 40.7. The van der Waals surface area contributed by atoms with Crippen LogP contribution in [0, 0.1) is 39.5 Å². The minimum atomic E-state index is -0.408. The van der Waals surface area contributed by atoms with E-state index in [1.54, 1.807) is 12.2 Å². The van der Waals surface area contributed by atoms with Crippen molar-refractivity contribution < 1.29 is 38.1 Å². The number of ether oxygens (including phenoxy) is 4. The van der Waals surface area contributed by atoms with Crippen LogP contribution in [0.2, 0.25) is 0 Å². The average molecular weight is 705 g/mol. The molecule has 1 fully saturated rings. The van der Waals surface area contributed by atoms with E-state index in [1.165, 1.54) is 51.7 Å². The normalized spacial score (nSPS) is 17.4. The fourth-order valence-electron chi connectivity index (χ4n) is 5.83. The van der Waals surface area contributed by atoms with Crippen molar-refractivity contribution in [2.75, 3.05) is 28.4 Å². The van der Waals surface area contributed by atoms with Gasteiger partial charge in [0.2, 0.25) is 0 Å². The number of carbonyl (C=O) groups is 4. The van der Waals surface area contributed by atoms with E-state index >= 15 is 0 Å². The monoisotopic (exact) mass is 704 g/mol. The molecule has 8 nitrogen and oxygen atoms in total. The van der Waals surface area contributed by atoms with Crippen LogP contribution in [0.15, 0.2) is 109 Å². The highest BCUT2D eigenvalue weighted by Gasteiger charge is 2.59. The van der Waals surface area contributed by atoms with E-state index in [0.29, 0.717) is 0 Å². The van der Waals surface area contributed by atoms with Gasteiger partial charge >= 0.3 is 23.9 Å². The Morgan fingerprint density at radius 2 is 0.692 bits per heavy atom. The molecular weight excluding hydrogens is 656 g/mol. The smallest absolute Gasteiger partial charge is 0.330 e. The minimum Gasteiger partial charge on any atom is -0.469 e. The highest BCUT2D eigenvalue weighted by molar-refractivity contribution is 5.87. The van der Waals surface area contributed by atoms with Crippen molar-refractivity contribution in [3.63, 3.8) is 0 Å². The summed E-state index contributed by atoms with van der Waals surface area (Å²) in [6, 6.07) is 31.7. The van der Waals surface area contributed by atoms with E-state index in [2.05, 4.69) is 9.47 Å². The van der Waals surface area contributed by atoms with Crippen LogP contribution in [0.25, 0.3) is 12.2 Å². The molecule has 4 aromatic carbocycles. The van der Waals surface area contributed by atoms with Gasteiger partial charge in [-0.1, -0.05) is 119 Å². The molecular formula is C44H48O8. The van der Waals surface area contributed by atoms with Gasteiger partial charge in [-0.05, 0) is 62.1 Å². The van der Waals surface area contributed by atoms with E-state index in [4.69, 9.17) is 9.47 Å². The summed E-state index contributed by atoms with van der Waals surface area (Å²) in [7, 11) is 5.52. The molecule has 0 radical (unpaired) electrons. The Bertz CT molecular complexity index is 1670. The Morgan fingerprint density at radius 1 is 0.423 bits per heavy atom. The van der Waals surface area contributed by atoms with Gasteiger partial charge in [0.05, 0.1) is 40.3 Å². The maximum atomic E-state index is 12.6. The van der Waals surface area contributed by atoms with E-state index in [9.17, 15) is 19.2 Å². The molecule has 0 amide bonds. The number of rotatable bonds is 8. The molecule has 1 aliphatic carbocycles. The lowest BCUT2D eigenvalue weighted by atomic mass is 9.52. The van der Waals surface area contributed by atoms with Crippen LogP contribution in [-0.4, -0.2) is 52.3 Å². The molecule has 0 spiro atoms. The van der Waals surface area contributed by atoms with Crippen molar-refractivity contribution in [3.8, 4) is 0 Å². The molecule has 0 unspecified atom stereocenters. The number of aryl methyl sites for hydroxylation is 4. The van der Waals surface area contributed by atoms with Crippen molar-refractivity contribution in [2.45, 2.75) is 39.5 Å². The van der Waals surface area contributed by atoms with Crippen molar-refractivity contribution >= 4 is 36.0 Å². The van der Waals surface area contributed by atoms with Crippen LogP contribution in [0.3, 0.4) is 0 Å². The Morgan fingerprint density at radius 3 is 0.942 bits per heavy atom. The molecule has 0 heterocycles. The number of esters is 4. The molecule has 0 N–H and O–H groups in total. The molecule has 0 bridgehead atoms. The summed E-state index contributed by atoms with van der Waals surface area (Å²) in [5, 5.41) is 0. The van der Waals surface area contributed by atoms with Crippen LogP contribution in [0.5, 0.6) is 0 Å². The standard InChI is InChI=1S/C22H24O4.2C11H12O2/c1-13-5-9-15(10-6-13)17-19(21(23)25-3)18(20(17)22(24)26-4)16-11-7-14(2)8-12-16;2*1-9-3-5-10(6-4-9)7-8-11(12)13-2/h5-12,17-20H,1-4H3;2*3-8H,1-2H3/b;8-7+;8-7-. The quantitative estimate of drug-likeness (QED) is 0.103. The van der Waals surface area contributed by atoms with Gasteiger partial charge in [0.1, 0.15) is 0 Å². The summed E-state index contributed by atoms with van der Waals surface area (Å²) < 4.78 is 19.1. The van der Waals surface area contributed by atoms with Crippen LogP contribution < -0.4 is 0 Å². The second kappa shape index (κ2) is 20.2. The topological polar surface area (TPSA) is 105 Å². The summed E-state index contributed by atoms with van der Waals surface area (Å²) in [5.41, 5.74) is 8.59. The largest absolute Gasteiger partial charge is 0.469 e. The lowest BCUT2D eigenvalue weighted by Gasteiger charge is -2.49. The van der Waals surface area contributed by atoms with E-state index in [0.717, 1.165) is 33.4 Å². The molecule has 272 valence electrons. The molecule has 5 rings (SSSR count).